The van der Waals surface area contributed by atoms with Crippen LogP contribution in [0.2, 0.25) is 0 Å². The van der Waals surface area contributed by atoms with Crippen molar-refractivity contribution in [3.05, 3.63) is 59.7 Å². The Morgan fingerprint density at radius 2 is 0.946 bits per heavy atom. The van der Waals surface area contributed by atoms with E-state index in [1.165, 1.54) is 22.5 Å². The van der Waals surface area contributed by atoms with Crippen LogP contribution >= 0.6 is 0 Å². The van der Waals surface area contributed by atoms with E-state index in [9.17, 15) is 0 Å². The smallest absolute Gasteiger partial charge is 0.0456 e. The Bertz CT molecular complexity index is 1020. The Morgan fingerprint density at radius 3 is 1.41 bits per heavy atom. The van der Waals surface area contributed by atoms with Crippen molar-refractivity contribution >= 4 is 11.4 Å². The summed E-state index contributed by atoms with van der Waals surface area (Å²) < 4.78 is 0. The summed E-state index contributed by atoms with van der Waals surface area (Å²) in [7, 11) is 0. The molecule has 0 heterocycles. The van der Waals surface area contributed by atoms with E-state index in [4.69, 9.17) is 0 Å². The Hall–Kier alpha value is -1.76. The standard InChI is InChI=1S/C36H59N/c1-31(2,3)24-34(10,11)28-22-19-23-29(30(28)35(12,13)25-32(4,5)6)37(27-20-17-16-18-21-27)36(14,15)26-33(7,8)9/h16-23H,24-26H2,1-15H3. The predicted octanol–water partition coefficient (Wildman–Crippen LogP) is 11.5. The summed E-state index contributed by atoms with van der Waals surface area (Å²) in [5, 5.41) is 0. The summed E-state index contributed by atoms with van der Waals surface area (Å²) in [4.78, 5) is 2.66. The fourth-order valence-electron chi connectivity index (χ4n) is 7.61. The lowest BCUT2D eigenvalue weighted by atomic mass is 9.64. The zero-order valence-electron chi connectivity index (χ0n) is 27.2. The fourth-order valence-corrected chi connectivity index (χ4v) is 7.61. The monoisotopic (exact) mass is 505 g/mol. The lowest BCUT2D eigenvalue weighted by molar-refractivity contribution is 0.262. The van der Waals surface area contributed by atoms with Crippen molar-refractivity contribution in [2.24, 2.45) is 16.2 Å². The molecule has 1 heteroatoms. The second-order valence-corrected chi connectivity index (χ2v) is 17.2. The number of rotatable bonds is 8. The van der Waals surface area contributed by atoms with E-state index in [0.29, 0.717) is 0 Å². The maximum absolute atomic E-state index is 2.66. The van der Waals surface area contributed by atoms with Gasteiger partial charge >= 0.3 is 0 Å². The van der Waals surface area contributed by atoms with E-state index in [2.05, 4.69) is 157 Å². The van der Waals surface area contributed by atoms with Gasteiger partial charge in [0.05, 0.1) is 0 Å². The van der Waals surface area contributed by atoms with E-state index >= 15 is 0 Å². The van der Waals surface area contributed by atoms with Gasteiger partial charge in [-0.3, -0.25) is 0 Å². The third-order valence-corrected chi connectivity index (χ3v) is 7.22. The summed E-state index contributed by atoms with van der Waals surface area (Å²) >= 11 is 0. The second kappa shape index (κ2) is 10.4. The molecule has 0 N–H and O–H groups in total. The SMILES string of the molecule is CC(C)(C)CC(C)(C)c1cccc(N(c2ccccc2)C(C)(C)CC(C)(C)C)c1C(C)(C)CC(C)(C)C. The van der Waals surface area contributed by atoms with Crippen molar-refractivity contribution in [3.8, 4) is 0 Å². The molecule has 0 saturated heterocycles. The van der Waals surface area contributed by atoms with Gasteiger partial charge in [0.2, 0.25) is 0 Å². The molecule has 0 radical (unpaired) electrons. The van der Waals surface area contributed by atoms with Gasteiger partial charge in [-0.25, -0.2) is 0 Å². The topological polar surface area (TPSA) is 3.24 Å². The van der Waals surface area contributed by atoms with Crippen molar-refractivity contribution in [2.75, 3.05) is 4.90 Å². The van der Waals surface area contributed by atoms with Crippen LogP contribution < -0.4 is 4.90 Å². The molecular formula is C36H59N. The number of benzene rings is 2. The van der Waals surface area contributed by atoms with Gasteiger partial charge in [-0.05, 0) is 89.5 Å². The summed E-state index contributed by atoms with van der Waals surface area (Å²) in [5.74, 6) is 0. The molecule has 1 nitrogen and oxygen atoms in total. The minimum absolute atomic E-state index is 0.00414. The van der Waals surface area contributed by atoms with E-state index in [1.54, 1.807) is 0 Å². The van der Waals surface area contributed by atoms with Gasteiger partial charge in [0, 0.05) is 16.9 Å². The largest absolute Gasteiger partial charge is 0.336 e. The number of anilines is 2. The number of para-hydroxylation sites is 1. The third-order valence-electron chi connectivity index (χ3n) is 7.22. The molecule has 2 rings (SSSR count). The molecule has 0 aliphatic heterocycles. The molecule has 0 unspecified atom stereocenters. The summed E-state index contributed by atoms with van der Waals surface area (Å²) in [5.41, 5.74) is 6.33. The van der Waals surface area contributed by atoms with Crippen LogP contribution in [0.25, 0.3) is 0 Å². The molecule has 0 bridgehead atoms. The van der Waals surface area contributed by atoms with E-state index in [-0.39, 0.29) is 32.6 Å². The van der Waals surface area contributed by atoms with Crippen LogP contribution in [0.3, 0.4) is 0 Å². The Morgan fingerprint density at radius 1 is 0.486 bits per heavy atom. The van der Waals surface area contributed by atoms with Gasteiger partial charge in [-0.1, -0.05) is 120 Å². The van der Waals surface area contributed by atoms with Crippen LogP contribution in [0.4, 0.5) is 11.4 Å². The first-order valence-electron chi connectivity index (χ1n) is 14.4. The van der Waals surface area contributed by atoms with Crippen LogP contribution in [-0.4, -0.2) is 5.54 Å². The van der Waals surface area contributed by atoms with E-state index in [1.807, 2.05) is 0 Å². The Labute approximate surface area is 231 Å². The van der Waals surface area contributed by atoms with E-state index < -0.39 is 0 Å². The molecule has 0 aliphatic rings. The molecule has 2 aromatic carbocycles. The molecule has 0 spiro atoms. The molecule has 37 heavy (non-hydrogen) atoms. The molecule has 0 saturated carbocycles. The average Bonchev–Trinajstić information content (AvgIpc) is 2.62. The number of hydrogen-bond donors (Lipinski definition) is 0. The number of hydrogen-bond acceptors (Lipinski definition) is 1. The first-order chi connectivity index (χ1) is 16.5. The third kappa shape index (κ3) is 8.62. The van der Waals surface area contributed by atoms with Crippen molar-refractivity contribution < 1.29 is 0 Å². The highest BCUT2D eigenvalue weighted by Gasteiger charge is 2.41. The van der Waals surface area contributed by atoms with Crippen molar-refractivity contribution in [1.82, 2.24) is 0 Å². The van der Waals surface area contributed by atoms with Crippen LogP contribution in [0.15, 0.2) is 48.5 Å². The fraction of sp³-hybridized carbons (Fsp3) is 0.667. The van der Waals surface area contributed by atoms with Crippen molar-refractivity contribution in [2.45, 2.75) is 139 Å². The lowest BCUT2D eigenvalue weighted by Gasteiger charge is -2.48. The highest BCUT2D eigenvalue weighted by atomic mass is 15.2. The molecule has 2 aromatic rings. The predicted molar refractivity (Wildman–Crippen MR) is 167 cm³/mol. The van der Waals surface area contributed by atoms with Crippen LogP contribution in [0.1, 0.15) is 134 Å². The lowest BCUT2D eigenvalue weighted by Crippen LogP contribution is -2.45. The summed E-state index contributed by atoms with van der Waals surface area (Å²) in [6.07, 6.45) is 3.35. The minimum atomic E-state index is -0.0705. The summed E-state index contributed by atoms with van der Waals surface area (Å²) in [6.45, 7) is 36.1. The molecule has 0 fully saturated rings. The first kappa shape index (κ1) is 31.5. The molecule has 0 aliphatic carbocycles. The zero-order chi connectivity index (χ0) is 28.7. The van der Waals surface area contributed by atoms with Gasteiger partial charge in [-0.2, -0.15) is 0 Å². The highest BCUT2D eigenvalue weighted by molar-refractivity contribution is 5.72. The Balaban J connectivity index is 2.99. The highest BCUT2D eigenvalue weighted by Crippen LogP contribution is 2.51. The second-order valence-electron chi connectivity index (χ2n) is 17.2. The Kier molecular flexibility index (Phi) is 8.86. The molecule has 208 valence electrons. The van der Waals surface area contributed by atoms with Crippen LogP contribution in [-0.2, 0) is 10.8 Å². The minimum Gasteiger partial charge on any atom is -0.336 e. The van der Waals surface area contributed by atoms with Gasteiger partial charge in [-0.15, -0.1) is 0 Å². The van der Waals surface area contributed by atoms with Crippen LogP contribution in [0, 0.1) is 16.2 Å². The van der Waals surface area contributed by atoms with Crippen molar-refractivity contribution in [1.29, 1.82) is 0 Å². The van der Waals surface area contributed by atoms with E-state index in [0.717, 1.165) is 19.3 Å². The van der Waals surface area contributed by atoms with Gasteiger partial charge < -0.3 is 4.90 Å². The summed E-state index contributed by atoms with van der Waals surface area (Å²) in [6, 6.07) is 18.2. The van der Waals surface area contributed by atoms with Gasteiger partial charge in [0.25, 0.3) is 0 Å². The van der Waals surface area contributed by atoms with Gasteiger partial charge in [0.15, 0.2) is 0 Å². The maximum atomic E-state index is 2.66. The number of nitrogens with zero attached hydrogens (tertiary/aromatic N) is 1. The average molecular weight is 506 g/mol. The zero-order valence-corrected chi connectivity index (χ0v) is 27.2. The molecular weight excluding hydrogens is 446 g/mol. The van der Waals surface area contributed by atoms with Gasteiger partial charge in [0.1, 0.15) is 0 Å². The molecule has 0 amide bonds. The normalized spacial score (nSPS) is 14.1. The molecule has 0 aromatic heterocycles. The van der Waals surface area contributed by atoms with Crippen molar-refractivity contribution in [3.63, 3.8) is 0 Å². The molecule has 0 atom stereocenters. The first-order valence-corrected chi connectivity index (χ1v) is 14.4. The quantitative estimate of drug-likeness (QED) is 0.345. The maximum Gasteiger partial charge on any atom is 0.0456 e. The van der Waals surface area contributed by atoms with Crippen LogP contribution in [0.5, 0.6) is 0 Å².